The van der Waals surface area contributed by atoms with Gasteiger partial charge in [0.1, 0.15) is 0 Å². The molecule has 0 aromatic carbocycles. The summed E-state index contributed by atoms with van der Waals surface area (Å²) in [5, 5.41) is 3.43. The molecule has 2 aliphatic carbocycles. The van der Waals surface area contributed by atoms with E-state index in [4.69, 9.17) is 0 Å². The first-order valence-electron chi connectivity index (χ1n) is 8.18. The molecule has 0 spiro atoms. The number of rotatable bonds is 4. The van der Waals surface area contributed by atoms with Gasteiger partial charge in [-0.1, -0.05) is 20.3 Å². The van der Waals surface area contributed by atoms with Crippen molar-refractivity contribution in [1.82, 2.24) is 10.2 Å². The molecule has 1 amide bonds. The molecule has 19 heavy (non-hydrogen) atoms. The Hall–Kier alpha value is -0.570. The Morgan fingerprint density at radius 1 is 1.26 bits per heavy atom. The minimum Gasteiger partial charge on any atom is -0.341 e. The lowest BCUT2D eigenvalue weighted by Crippen LogP contribution is -2.53. The SMILES string of the molecule is CC(C)NC1CCCN(CC2CC3CCC2C3)C1=O. The lowest BCUT2D eigenvalue weighted by Gasteiger charge is -2.36. The van der Waals surface area contributed by atoms with Gasteiger partial charge in [0.15, 0.2) is 0 Å². The summed E-state index contributed by atoms with van der Waals surface area (Å²) in [6, 6.07) is 0.476. The topological polar surface area (TPSA) is 32.3 Å². The Morgan fingerprint density at radius 2 is 2.11 bits per heavy atom. The van der Waals surface area contributed by atoms with Gasteiger partial charge in [-0.25, -0.2) is 0 Å². The van der Waals surface area contributed by atoms with Crippen LogP contribution in [0.25, 0.3) is 0 Å². The number of hydrogen-bond donors (Lipinski definition) is 1. The molecule has 3 aliphatic rings. The molecule has 0 radical (unpaired) electrons. The fourth-order valence-electron chi connectivity index (χ4n) is 4.56. The molecule has 3 heteroatoms. The molecule has 2 saturated carbocycles. The molecule has 2 bridgehead atoms. The van der Waals surface area contributed by atoms with E-state index in [0.717, 1.165) is 43.7 Å². The van der Waals surface area contributed by atoms with Gasteiger partial charge < -0.3 is 10.2 Å². The van der Waals surface area contributed by atoms with Crippen molar-refractivity contribution in [2.45, 2.75) is 64.5 Å². The molecule has 1 saturated heterocycles. The molecule has 1 aliphatic heterocycles. The van der Waals surface area contributed by atoms with Gasteiger partial charge in [-0.15, -0.1) is 0 Å². The van der Waals surface area contributed by atoms with Gasteiger partial charge in [-0.05, 0) is 49.9 Å². The highest BCUT2D eigenvalue weighted by molar-refractivity contribution is 5.82. The Labute approximate surface area is 117 Å². The average molecular weight is 264 g/mol. The maximum atomic E-state index is 12.5. The molecule has 108 valence electrons. The zero-order valence-corrected chi connectivity index (χ0v) is 12.4. The normalized spacial score (nSPS) is 38.5. The zero-order chi connectivity index (χ0) is 13.4. The van der Waals surface area contributed by atoms with Crippen LogP contribution in [0, 0.1) is 17.8 Å². The summed E-state index contributed by atoms with van der Waals surface area (Å²) in [4.78, 5) is 14.7. The average Bonchev–Trinajstić information content (AvgIpc) is 2.96. The molecule has 3 fully saturated rings. The van der Waals surface area contributed by atoms with E-state index in [1.807, 2.05) is 0 Å². The van der Waals surface area contributed by atoms with Crippen LogP contribution < -0.4 is 5.32 Å². The molecular weight excluding hydrogens is 236 g/mol. The second-order valence-corrected chi connectivity index (χ2v) is 7.24. The van der Waals surface area contributed by atoms with E-state index in [9.17, 15) is 4.79 Å². The summed E-state index contributed by atoms with van der Waals surface area (Å²) in [7, 11) is 0. The Kier molecular flexibility index (Phi) is 3.84. The first-order valence-corrected chi connectivity index (χ1v) is 8.18. The number of nitrogens with zero attached hydrogens (tertiary/aromatic N) is 1. The van der Waals surface area contributed by atoms with Gasteiger partial charge in [-0.2, -0.15) is 0 Å². The number of fused-ring (bicyclic) bond motifs is 2. The van der Waals surface area contributed by atoms with Gasteiger partial charge in [0, 0.05) is 19.1 Å². The molecule has 4 atom stereocenters. The number of amides is 1. The number of nitrogens with one attached hydrogen (secondary N) is 1. The van der Waals surface area contributed by atoms with Gasteiger partial charge in [0.2, 0.25) is 5.91 Å². The fraction of sp³-hybridized carbons (Fsp3) is 0.938. The third-order valence-electron chi connectivity index (χ3n) is 5.40. The van der Waals surface area contributed by atoms with Crippen LogP contribution in [0.2, 0.25) is 0 Å². The van der Waals surface area contributed by atoms with Crippen molar-refractivity contribution in [3.05, 3.63) is 0 Å². The molecular formula is C16H28N2O. The lowest BCUT2D eigenvalue weighted by molar-refractivity contribution is -0.137. The minimum absolute atomic E-state index is 0.0762. The number of hydrogen-bond acceptors (Lipinski definition) is 2. The summed E-state index contributed by atoms with van der Waals surface area (Å²) < 4.78 is 0. The summed E-state index contributed by atoms with van der Waals surface area (Å²) in [5.74, 6) is 3.08. The van der Waals surface area contributed by atoms with Crippen LogP contribution in [0.3, 0.4) is 0 Å². The summed E-state index contributed by atoms with van der Waals surface area (Å²) >= 11 is 0. The second kappa shape index (κ2) is 5.43. The molecule has 1 heterocycles. The van der Waals surface area contributed by atoms with Crippen molar-refractivity contribution in [3.8, 4) is 0 Å². The highest BCUT2D eigenvalue weighted by atomic mass is 16.2. The molecule has 3 nitrogen and oxygen atoms in total. The Balaban J connectivity index is 1.56. The first kappa shape index (κ1) is 13.4. The van der Waals surface area contributed by atoms with Crippen LogP contribution in [0.4, 0.5) is 0 Å². The van der Waals surface area contributed by atoms with Crippen LogP contribution in [-0.4, -0.2) is 36.0 Å². The third-order valence-corrected chi connectivity index (χ3v) is 5.40. The van der Waals surface area contributed by atoms with E-state index in [1.165, 1.54) is 25.7 Å². The number of carbonyl (C=O) groups excluding carboxylic acids is 1. The summed E-state index contributed by atoms with van der Waals surface area (Å²) in [6.07, 6.45) is 7.88. The number of likely N-dealkylation sites (tertiary alicyclic amines) is 1. The van der Waals surface area contributed by atoms with Gasteiger partial charge in [0.05, 0.1) is 6.04 Å². The largest absolute Gasteiger partial charge is 0.341 e. The van der Waals surface area contributed by atoms with Crippen molar-refractivity contribution >= 4 is 5.91 Å². The van der Waals surface area contributed by atoms with Crippen LogP contribution in [0.15, 0.2) is 0 Å². The monoisotopic (exact) mass is 264 g/mol. The lowest BCUT2D eigenvalue weighted by atomic mass is 9.88. The number of carbonyl (C=O) groups is 1. The van der Waals surface area contributed by atoms with Crippen LogP contribution in [-0.2, 0) is 4.79 Å². The van der Waals surface area contributed by atoms with E-state index in [-0.39, 0.29) is 6.04 Å². The number of piperidine rings is 1. The smallest absolute Gasteiger partial charge is 0.239 e. The van der Waals surface area contributed by atoms with Crippen molar-refractivity contribution in [2.24, 2.45) is 17.8 Å². The summed E-state index contributed by atoms with van der Waals surface area (Å²) in [6.45, 7) is 6.28. The van der Waals surface area contributed by atoms with Gasteiger partial charge >= 0.3 is 0 Å². The Morgan fingerprint density at radius 3 is 2.74 bits per heavy atom. The van der Waals surface area contributed by atoms with E-state index >= 15 is 0 Å². The van der Waals surface area contributed by atoms with Crippen LogP contribution in [0.1, 0.15) is 52.4 Å². The van der Waals surface area contributed by atoms with Crippen molar-refractivity contribution in [3.63, 3.8) is 0 Å². The van der Waals surface area contributed by atoms with E-state index in [0.29, 0.717) is 11.9 Å². The van der Waals surface area contributed by atoms with Crippen LogP contribution in [0.5, 0.6) is 0 Å². The highest BCUT2D eigenvalue weighted by Crippen LogP contribution is 2.48. The van der Waals surface area contributed by atoms with Gasteiger partial charge in [0.25, 0.3) is 0 Å². The maximum absolute atomic E-state index is 12.5. The van der Waals surface area contributed by atoms with E-state index in [2.05, 4.69) is 24.1 Å². The zero-order valence-electron chi connectivity index (χ0n) is 12.4. The predicted octanol–water partition coefficient (Wildman–Crippen LogP) is 2.41. The minimum atomic E-state index is 0.0762. The highest BCUT2D eigenvalue weighted by Gasteiger charge is 2.41. The second-order valence-electron chi connectivity index (χ2n) is 7.24. The molecule has 0 aromatic heterocycles. The third kappa shape index (κ3) is 2.81. The maximum Gasteiger partial charge on any atom is 0.239 e. The van der Waals surface area contributed by atoms with E-state index < -0.39 is 0 Å². The quantitative estimate of drug-likeness (QED) is 0.845. The fourth-order valence-corrected chi connectivity index (χ4v) is 4.56. The van der Waals surface area contributed by atoms with E-state index in [1.54, 1.807) is 0 Å². The van der Waals surface area contributed by atoms with Crippen molar-refractivity contribution < 1.29 is 4.79 Å². The Bertz CT molecular complexity index is 342. The summed E-state index contributed by atoms with van der Waals surface area (Å²) in [5.41, 5.74) is 0. The molecule has 0 aromatic rings. The van der Waals surface area contributed by atoms with Crippen LogP contribution >= 0.6 is 0 Å². The van der Waals surface area contributed by atoms with Crippen molar-refractivity contribution in [1.29, 1.82) is 0 Å². The first-order chi connectivity index (χ1) is 9.13. The van der Waals surface area contributed by atoms with Crippen molar-refractivity contribution in [2.75, 3.05) is 13.1 Å². The van der Waals surface area contributed by atoms with Gasteiger partial charge in [-0.3, -0.25) is 4.79 Å². The predicted molar refractivity (Wildman–Crippen MR) is 76.8 cm³/mol. The standard InChI is InChI=1S/C16H28N2O/c1-11(2)17-15-4-3-7-18(16(15)19)10-14-9-12-5-6-13(14)8-12/h11-15,17H,3-10H2,1-2H3. The molecule has 4 unspecified atom stereocenters. The molecule has 3 rings (SSSR count). The molecule has 1 N–H and O–H groups in total.